The van der Waals surface area contributed by atoms with Crippen LogP contribution in [0.2, 0.25) is 0 Å². The minimum Gasteiger partial charge on any atom is -0.477 e. The number of aromatic nitrogens is 1. The van der Waals surface area contributed by atoms with Crippen molar-refractivity contribution in [3.05, 3.63) is 70.1 Å². The maximum atomic E-state index is 14.0. The Kier molecular flexibility index (Phi) is 3.65. The number of pyridine rings is 1. The van der Waals surface area contributed by atoms with Gasteiger partial charge in [-0.2, -0.15) is 8.78 Å². The Bertz CT molecular complexity index is 680. The lowest BCUT2D eigenvalue weighted by Gasteiger charge is -2.18. The van der Waals surface area contributed by atoms with Crippen molar-refractivity contribution in [2.24, 2.45) is 0 Å². The quantitative estimate of drug-likeness (QED) is 0.934. The molecule has 0 aliphatic carbocycles. The molecule has 0 unspecified atom stereocenters. The van der Waals surface area contributed by atoms with Crippen LogP contribution in [0.15, 0.2) is 53.5 Å². The molecule has 0 aliphatic heterocycles. The maximum Gasteiger partial charge on any atom is 0.341 e. The molecule has 1 heterocycles. The van der Waals surface area contributed by atoms with E-state index < -0.39 is 29.6 Å². The molecule has 2 rings (SSSR count). The fourth-order valence-electron chi connectivity index (χ4n) is 1.81. The second kappa shape index (κ2) is 5.24. The van der Waals surface area contributed by atoms with Gasteiger partial charge in [0.25, 0.3) is 11.5 Å². The molecule has 0 spiro atoms. The van der Waals surface area contributed by atoms with E-state index in [-0.39, 0.29) is 5.56 Å². The van der Waals surface area contributed by atoms with Gasteiger partial charge in [-0.1, -0.05) is 30.3 Å². The first-order valence-corrected chi connectivity index (χ1v) is 5.78. The standard InChI is InChI=1S/C14H11F2NO3/c15-14(16,10-5-2-1-3-6-10)9-17-8-4-7-11(12(17)18)13(19)20/h1-8H,9H2,(H,19,20). The summed E-state index contributed by atoms with van der Waals surface area (Å²) in [5.41, 5.74) is -1.71. The first-order chi connectivity index (χ1) is 9.42. The van der Waals surface area contributed by atoms with Gasteiger partial charge < -0.3 is 9.67 Å². The van der Waals surface area contributed by atoms with E-state index in [9.17, 15) is 18.4 Å². The predicted octanol–water partition coefficient (Wildman–Crippen LogP) is 2.34. The lowest BCUT2D eigenvalue weighted by molar-refractivity contribution is -0.0232. The fourth-order valence-corrected chi connectivity index (χ4v) is 1.81. The highest BCUT2D eigenvalue weighted by atomic mass is 19.3. The van der Waals surface area contributed by atoms with Crippen molar-refractivity contribution in [2.75, 3.05) is 0 Å². The molecule has 0 radical (unpaired) electrons. The first-order valence-electron chi connectivity index (χ1n) is 5.78. The van der Waals surface area contributed by atoms with Crippen molar-refractivity contribution >= 4 is 5.97 Å². The highest BCUT2D eigenvalue weighted by molar-refractivity contribution is 5.86. The highest BCUT2D eigenvalue weighted by Gasteiger charge is 2.32. The number of nitrogens with zero attached hydrogens (tertiary/aromatic N) is 1. The number of aromatic carboxylic acids is 1. The van der Waals surface area contributed by atoms with Crippen LogP contribution in [-0.2, 0) is 12.5 Å². The smallest absolute Gasteiger partial charge is 0.341 e. The van der Waals surface area contributed by atoms with Crippen LogP contribution >= 0.6 is 0 Å². The van der Waals surface area contributed by atoms with Crippen LogP contribution in [0.1, 0.15) is 15.9 Å². The number of halogens is 2. The number of alkyl halides is 2. The average Bonchev–Trinajstić information content (AvgIpc) is 2.41. The highest BCUT2D eigenvalue weighted by Crippen LogP contribution is 2.29. The molecule has 0 fully saturated rings. The molecule has 0 bridgehead atoms. The molecule has 0 atom stereocenters. The van der Waals surface area contributed by atoms with E-state index in [0.717, 1.165) is 12.3 Å². The van der Waals surface area contributed by atoms with E-state index in [1.54, 1.807) is 6.07 Å². The minimum absolute atomic E-state index is 0.229. The minimum atomic E-state index is -3.26. The Labute approximate surface area is 112 Å². The van der Waals surface area contributed by atoms with Crippen LogP contribution in [0.25, 0.3) is 0 Å². The summed E-state index contributed by atoms with van der Waals surface area (Å²) >= 11 is 0. The molecule has 1 N–H and O–H groups in total. The average molecular weight is 279 g/mol. The van der Waals surface area contributed by atoms with Gasteiger partial charge in [0.1, 0.15) is 5.56 Å². The normalized spacial score (nSPS) is 11.3. The summed E-state index contributed by atoms with van der Waals surface area (Å²) in [7, 11) is 0. The van der Waals surface area contributed by atoms with Crippen LogP contribution < -0.4 is 5.56 Å². The molecule has 1 aromatic carbocycles. The van der Waals surface area contributed by atoms with Crippen LogP contribution in [-0.4, -0.2) is 15.6 Å². The Balaban J connectivity index is 2.38. The summed E-state index contributed by atoms with van der Waals surface area (Å²) in [6.45, 7) is -0.906. The van der Waals surface area contributed by atoms with Gasteiger partial charge in [-0.25, -0.2) is 4.79 Å². The molecule has 0 saturated heterocycles. The van der Waals surface area contributed by atoms with Gasteiger partial charge in [0.15, 0.2) is 0 Å². The fraction of sp³-hybridized carbons (Fsp3) is 0.143. The van der Waals surface area contributed by atoms with Crippen molar-refractivity contribution < 1.29 is 18.7 Å². The molecule has 2 aromatic rings. The SMILES string of the molecule is O=C(O)c1cccn(CC(F)(F)c2ccccc2)c1=O. The number of carboxylic acid groups (broad SMARTS) is 1. The molecule has 4 nitrogen and oxygen atoms in total. The maximum absolute atomic E-state index is 14.0. The lowest BCUT2D eigenvalue weighted by atomic mass is 10.1. The van der Waals surface area contributed by atoms with Gasteiger partial charge in [0.2, 0.25) is 0 Å². The van der Waals surface area contributed by atoms with Gasteiger partial charge in [-0.05, 0) is 12.1 Å². The molecular formula is C14H11F2NO3. The molecule has 104 valence electrons. The third kappa shape index (κ3) is 2.74. The van der Waals surface area contributed by atoms with Gasteiger partial charge in [-0.3, -0.25) is 4.79 Å². The Morgan fingerprint density at radius 2 is 1.80 bits per heavy atom. The summed E-state index contributed by atoms with van der Waals surface area (Å²) in [5, 5.41) is 8.80. The van der Waals surface area contributed by atoms with Crippen LogP contribution in [0.4, 0.5) is 8.78 Å². The van der Waals surface area contributed by atoms with Gasteiger partial charge in [-0.15, -0.1) is 0 Å². The molecule has 0 amide bonds. The van der Waals surface area contributed by atoms with E-state index in [1.165, 1.54) is 30.3 Å². The predicted molar refractivity (Wildman–Crippen MR) is 68.0 cm³/mol. The van der Waals surface area contributed by atoms with Gasteiger partial charge in [0, 0.05) is 11.8 Å². The zero-order chi connectivity index (χ0) is 14.8. The van der Waals surface area contributed by atoms with Gasteiger partial charge in [0.05, 0.1) is 6.54 Å². The topological polar surface area (TPSA) is 59.3 Å². The third-order valence-corrected chi connectivity index (χ3v) is 2.82. The number of benzene rings is 1. The molecule has 0 aliphatic rings. The Morgan fingerprint density at radius 3 is 2.40 bits per heavy atom. The number of rotatable bonds is 4. The van der Waals surface area contributed by atoms with Gasteiger partial charge >= 0.3 is 5.97 Å². The van der Waals surface area contributed by atoms with E-state index in [1.807, 2.05) is 0 Å². The number of hydrogen-bond donors (Lipinski definition) is 1. The van der Waals surface area contributed by atoms with Crippen molar-refractivity contribution in [1.29, 1.82) is 0 Å². The molecular weight excluding hydrogens is 268 g/mol. The van der Waals surface area contributed by atoms with Crippen molar-refractivity contribution in [3.8, 4) is 0 Å². The molecule has 20 heavy (non-hydrogen) atoms. The van der Waals surface area contributed by atoms with Crippen LogP contribution in [0.3, 0.4) is 0 Å². The summed E-state index contributed by atoms with van der Waals surface area (Å²) in [6, 6.07) is 9.40. The lowest BCUT2D eigenvalue weighted by Crippen LogP contribution is -2.32. The van der Waals surface area contributed by atoms with Crippen LogP contribution in [0.5, 0.6) is 0 Å². The van der Waals surface area contributed by atoms with E-state index in [2.05, 4.69) is 0 Å². The number of hydrogen-bond acceptors (Lipinski definition) is 2. The zero-order valence-corrected chi connectivity index (χ0v) is 10.3. The van der Waals surface area contributed by atoms with Crippen molar-refractivity contribution in [3.63, 3.8) is 0 Å². The Morgan fingerprint density at radius 1 is 1.15 bits per heavy atom. The summed E-state index contributed by atoms with van der Waals surface area (Å²) in [4.78, 5) is 22.6. The van der Waals surface area contributed by atoms with Crippen molar-refractivity contribution in [2.45, 2.75) is 12.5 Å². The monoisotopic (exact) mass is 279 g/mol. The first kappa shape index (κ1) is 13.9. The second-order valence-electron chi connectivity index (χ2n) is 4.23. The third-order valence-electron chi connectivity index (χ3n) is 2.82. The van der Waals surface area contributed by atoms with E-state index in [0.29, 0.717) is 4.57 Å². The van der Waals surface area contributed by atoms with E-state index in [4.69, 9.17) is 5.11 Å². The molecule has 6 heteroatoms. The molecule has 1 aromatic heterocycles. The van der Waals surface area contributed by atoms with E-state index >= 15 is 0 Å². The largest absolute Gasteiger partial charge is 0.477 e. The van der Waals surface area contributed by atoms with Crippen molar-refractivity contribution in [1.82, 2.24) is 4.57 Å². The summed E-state index contributed by atoms with van der Waals surface area (Å²) in [5.74, 6) is -4.70. The summed E-state index contributed by atoms with van der Waals surface area (Å²) in [6.07, 6.45) is 1.14. The zero-order valence-electron chi connectivity index (χ0n) is 10.3. The number of carbonyl (C=O) groups is 1. The summed E-state index contributed by atoms with van der Waals surface area (Å²) < 4.78 is 28.8. The second-order valence-corrected chi connectivity index (χ2v) is 4.23. The van der Waals surface area contributed by atoms with Crippen LogP contribution in [0, 0.1) is 0 Å². The number of carboxylic acids is 1. The Hall–Kier alpha value is -2.50. The molecule has 0 saturated carbocycles.